The third-order valence-corrected chi connectivity index (χ3v) is 2.98. The lowest BCUT2D eigenvalue weighted by atomic mass is 9.67. The molecule has 1 saturated carbocycles. The number of esters is 1. The van der Waals surface area contributed by atoms with Gasteiger partial charge in [-0.25, -0.2) is 0 Å². The topological polar surface area (TPSA) is 52.3 Å². The van der Waals surface area contributed by atoms with E-state index in [4.69, 9.17) is 10.5 Å². The first-order valence-electron chi connectivity index (χ1n) is 5.70. The lowest BCUT2D eigenvalue weighted by molar-refractivity contribution is -0.157. The van der Waals surface area contributed by atoms with Crippen LogP contribution < -0.4 is 5.73 Å². The molecule has 1 atom stereocenters. The summed E-state index contributed by atoms with van der Waals surface area (Å²) in [7, 11) is 0. The Kier molecular flexibility index (Phi) is 3.44. The molecule has 0 aliphatic heterocycles. The first-order chi connectivity index (χ1) is 6.72. The van der Waals surface area contributed by atoms with Gasteiger partial charge in [0.15, 0.2) is 0 Å². The number of ether oxygens (including phenoxy) is 1. The van der Waals surface area contributed by atoms with Crippen molar-refractivity contribution in [3.8, 4) is 0 Å². The standard InChI is InChI=1S/C12H23NO2/c1-11(2,3)15-10(14)9(13)8-12(4)6-5-7-12/h9H,5-8,13H2,1-4H3/t9-/m0/s1. The van der Waals surface area contributed by atoms with Crippen molar-refractivity contribution in [1.82, 2.24) is 0 Å². The zero-order chi connectivity index (χ0) is 11.7. The van der Waals surface area contributed by atoms with Crippen LogP contribution >= 0.6 is 0 Å². The van der Waals surface area contributed by atoms with Gasteiger partial charge in [-0.05, 0) is 45.4 Å². The summed E-state index contributed by atoms with van der Waals surface area (Å²) in [6.07, 6.45) is 4.38. The zero-order valence-corrected chi connectivity index (χ0v) is 10.3. The van der Waals surface area contributed by atoms with E-state index in [2.05, 4.69) is 6.92 Å². The van der Waals surface area contributed by atoms with Crippen molar-refractivity contribution in [2.24, 2.45) is 11.1 Å². The molecule has 1 fully saturated rings. The van der Waals surface area contributed by atoms with Crippen LogP contribution in [-0.2, 0) is 9.53 Å². The molecular formula is C12H23NO2. The summed E-state index contributed by atoms with van der Waals surface area (Å²) in [5.41, 5.74) is 5.68. The Balaban J connectivity index is 2.39. The molecule has 3 nitrogen and oxygen atoms in total. The molecule has 0 spiro atoms. The van der Waals surface area contributed by atoms with Crippen molar-refractivity contribution < 1.29 is 9.53 Å². The Hall–Kier alpha value is -0.570. The Morgan fingerprint density at radius 2 is 2.00 bits per heavy atom. The van der Waals surface area contributed by atoms with E-state index in [1.807, 2.05) is 20.8 Å². The fourth-order valence-electron chi connectivity index (χ4n) is 1.98. The third-order valence-electron chi connectivity index (χ3n) is 2.98. The van der Waals surface area contributed by atoms with Crippen LogP contribution in [0, 0.1) is 5.41 Å². The Bertz CT molecular complexity index is 238. The average Bonchev–Trinajstić information content (AvgIpc) is 1.98. The van der Waals surface area contributed by atoms with Crippen LogP contribution in [0.1, 0.15) is 53.4 Å². The molecule has 1 aliphatic rings. The van der Waals surface area contributed by atoms with Gasteiger partial charge < -0.3 is 10.5 Å². The highest BCUT2D eigenvalue weighted by atomic mass is 16.6. The van der Waals surface area contributed by atoms with Gasteiger partial charge in [-0.3, -0.25) is 4.79 Å². The second-order valence-electron chi connectivity index (χ2n) is 6.01. The highest BCUT2D eigenvalue weighted by Crippen LogP contribution is 2.43. The second kappa shape index (κ2) is 4.12. The molecule has 0 aromatic carbocycles. The van der Waals surface area contributed by atoms with Crippen LogP contribution in [-0.4, -0.2) is 17.6 Å². The molecule has 0 unspecified atom stereocenters. The second-order valence-corrected chi connectivity index (χ2v) is 6.01. The predicted octanol–water partition coefficient (Wildman–Crippen LogP) is 2.24. The molecule has 15 heavy (non-hydrogen) atoms. The molecule has 3 heteroatoms. The van der Waals surface area contributed by atoms with Crippen LogP contribution in [0.15, 0.2) is 0 Å². The first-order valence-corrected chi connectivity index (χ1v) is 5.70. The van der Waals surface area contributed by atoms with E-state index in [1.165, 1.54) is 19.3 Å². The summed E-state index contributed by atoms with van der Waals surface area (Å²) >= 11 is 0. The molecule has 1 rings (SSSR count). The highest BCUT2D eigenvalue weighted by molar-refractivity contribution is 5.75. The number of hydrogen-bond acceptors (Lipinski definition) is 3. The van der Waals surface area contributed by atoms with Crippen molar-refractivity contribution in [1.29, 1.82) is 0 Å². The Labute approximate surface area is 92.4 Å². The number of hydrogen-bond donors (Lipinski definition) is 1. The van der Waals surface area contributed by atoms with E-state index in [-0.39, 0.29) is 11.4 Å². The van der Waals surface area contributed by atoms with Crippen LogP contribution in [0.5, 0.6) is 0 Å². The van der Waals surface area contributed by atoms with Gasteiger partial charge >= 0.3 is 5.97 Å². The highest BCUT2D eigenvalue weighted by Gasteiger charge is 2.36. The van der Waals surface area contributed by atoms with Crippen molar-refractivity contribution in [2.75, 3.05) is 0 Å². The van der Waals surface area contributed by atoms with Gasteiger partial charge in [0.1, 0.15) is 11.6 Å². The smallest absolute Gasteiger partial charge is 0.323 e. The summed E-state index contributed by atoms with van der Waals surface area (Å²) in [6, 6.07) is -0.463. The lowest BCUT2D eigenvalue weighted by Gasteiger charge is -2.40. The van der Waals surface area contributed by atoms with E-state index in [0.29, 0.717) is 0 Å². The SMILES string of the molecule is CC1(C[C@H](N)C(=O)OC(C)(C)C)CCC1. The normalized spacial score (nSPS) is 21.7. The molecule has 0 aromatic heterocycles. The molecule has 88 valence electrons. The van der Waals surface area contributed by atoms with Crippen LogP contribution in [0.4, 0.5) is 0 Å². The first kappa shape index (κ1) is 12.5. The van der Waals surface area contributed by atoms with E-state index in [1.54, 1.807) is 0 Å². The van der Waals surface area contributed by atoms with Crippen molar-refractivity contribution in [3.63, 3.8) is 0 Å². The van der Waals surface area contributed by atoms with Crippen molar-refractivity contribution >= 4 is 5.97 Å². The monoisotopic (exact) mass is 213 g/mol. The van der Waals surface area contributed by atoms with Gasteiger partial charge in [0.25, 0.3) is 0 Å². The number of rotatable bonds is 3. The number of carbonyl (C=O) groups is 1. The minimum atomic E-state index is -0.463. The molecule has 0 heterocycles. The van der Waals surface area contributed by atoms with E-state index < -0.39 is 11.6 Å². The zero-order valence-electron chi connectivity index (χ0n) is 10.3. The van der Waals surface area contributed by atoms with Crippen LogP contribution in [0.25, 0.3) is 0 Å². The maximum atomic E-state index is 11.6. The van der Waals surface area contributed by atoms with Gasteiger partial charge in [0, 0.05) is 0 Å². The van der Waals surface area contributed by atoms with E-state index in [9.17, 15) is 4.79 Å². The van der Waals surface area contributed by atoms with Crippen molar-refractivity contribution in [2.45, 2.75) is 65.0 Å². The Morgan fingerprint density at radius 1 is 1.47 bits per heavy atom. The van der Waals surface area contributed by atoms with Crippen molar-refractivity contribution in [3.05, 3.63) is 0 Å². The van der Waals surface area contributed by atoms with E-state index in [0.717, 1.165) is 6.42 Å². The maximum absolute atomic E-state index is 11.6. The number of nitrogens with two attached hydrogens (primary N) is 1. The minimum Gasteiger partial charge on any atom is -0.459 e. The summed E-state index contributed by atoms with van der Waals surface area (Å²) < 4.78 is 5.25. The molecule has 0 aromatic rings. The van der Waals surface area contributed by atoms with Crippen LogP contribution in [0.2, 0.25) is 0 Å². The molecule has 0 radical (unpaired) electrons. The predicted molar refractivity (Wildman–Crippen MR) is 60.4 cm³/mol. The summed E-state index contributed by atoms with van der Waals surface area (Å²) in [5, 5.41) is 0. The fourth-order valence-corrected chi connectivity index (χ4v) is 1.98. The summed E-state index contributed by atoms with van der Waals surface area (Å²) in [4.78, 5) is 11.6. The number of carbonyl (C=O) groups excluding carboxylic acids is 1. The van der Waals surface area contributed by atoms with Gasteiger partial charge in [-0.2, -0.15) is 0 Å². The summed E-state index contributed by atoms with van der Waals surface area (Å²) in [5.74, 6) is -0.268. The fraction of sp³-hybridized carbons (Fsp3) is 0.917. The molecular weight excluding hydrogens is 190 g/mol. The molecule has 1 aliphatic carbocycles. The lowest BCUT2D eigenvalue weighted by Crippen LogP contribution is -2.42. The quantitative estimate of drug-likeness (QED) is 0.731. The molecule has 0 amide bonds. The van der Waals surface area contributed by atoms with Gasteiger partial charge in [0.2, 0.25) is 0 Å². The third kappa shape index (κ3) is 3.82. The largest absolute Gasteiger partial charge is 0.459 e. The van der Waals surface area contributed by atoms with Gasteiger partial charge in [0.05, 0.1) is 0 Å². The van der Waals surface area contributed by atoms with Gasteiger partial charge in [-0.15, -0.1) is 0 Å². The summed E-state index contributed by atoms with van der Waals surface area (Å²) in [6.45, 7) is 7.79. The maximum Gasteiger partial charge on any atom is 0.323 e. The Morgan fingerprint density at radius 3 is 2.33 bits per heavy atom. The molecule has 0 saturated heterocycles. The van der Waals surface area contributed by atoms with E-state index >= 15 is 0 Å². The average molecular weight is 213 g/mol. The molecule has 2 N–H and O–H groups in total. The van der Waals surface area contributed by atoms with Crippen LogP contribution in [0.3, 0.4) is 0 Å². The minimum absolute atomic E-state index is 0.268. The molecule has 0 bridgehead atoms. The van der Waals surface area contributed by atoms with Gasteiger partial charge in [-0.1, -0.05) is 13.3 Å².